The Morgan fingerprint density at radius 2 is 2.21 bits per heavy atom. The van der Waals surface area contributed by atoms with E-state index in [0.29, 0.717) is 47.9 Å². The normalized spacial score (nSPS) is 18.0. The molecule has 0 aliphatic carbocycles. The van der Waals surface area contributed by atoms with Gasteiger partial charge in [0.2, 0.25) is 23.7 Å². The smallest absolute Gasteiger partial charge is 0.231 e. The van der Waals surface area contributed by atoms with Gasteiger partial charge in [-0.2, -0.15) is 0 Å². The summed E-state index contributed by atoms with van der Waals surface area (Å²) in [4.78, 5) is 26.4. The molecule has 4 rings (SSSR count). The van der Waals surface area contributed by atoms with Crippen LogP contribution in [0, 0.1) is 5.92 Å². The van der Waals surface area contributed by atoms with Gasteiger partial charge in [0.15, 0.2) is 11.5 Å². The summed E-state index contributed by atoms with van der Waals surface area (Å²) >= 11 is 1.31. The van der Waals surface area contributed by atoms with Crippen molar-refractivity contribution in [2.75, 3.05) is 24.8 Å². The van der Waals surface area contributed by atoms with Crippen LogP contribution in [0.1, 0.15) is 23.9 Å². The van der Waals surface area contributed by atoms with Crippen molar-refractivity contribution in [2.24, 2.45) is 5.92 Å². The number of fused-ring (bicyclic) bond motifs is 1. The number of anilines is 1. The Morgan fingerprint density at radius 3 is 3.07 bits per heavy atom. The summed E-state index contributed by atoms with van der Waals surface area (Å²) in [7, 11) is 0. The monoisotopic (exact) mass is 404 g/mol. The predicted octanol–water partition coefficient (Wildman–Crippen LogP) is 1.47. The minimum Gasteiger partial charge on any atom is -0.454 e. The molecule has 1 fully saturated rings. The van der Waals surface area contributed by atoms with E-state index < -0.39 is 5.92 Å². The van der Waals surface area contributed by atoms with Gasteiger partial charge in [-0.25, -0.2) is 0 Å². The summed E-state index contributed by atoms with van der Waals surface area (Å²) < 4.78 is 15.9. The fraction of sp³-hybridized carbons (Fsp3) is 0.444. The van der Waals surface area contributed by atoms with E-state index in [9.17, 15) is 9.59 Å². The largest absolute Gasteiger partial charge is 0.454 e. The molecule has 2 aliphatic heterocycles. The molecular weight excluding hydrogens is 384 g/mol. The van der Waals surface area contributed by atoms with Gasteiger partial charge in [0.25, 0.3) is 0 Å². The molecule has 148 valence electrons. The van der Waals surface area contributed by atoms with E-state index in [0.717, 1.165) is 5.56 Å². The molecule has 0 radical (unpaired) electrons. The molecule has 2 aromatic rings. The number of carbonyl (C=O) groups excluding carboxylic acids is 2. The Balaban J connectivity index is 1.33. The molecule has 1 saturated heterocycles. The van der Waals surface area contributed by atoms with Crippen LogP contribution in [0.4, 0.5) is 5.13 Å². The minimum absolute atomic E-state index is 0.123. The maximum absolute atomic E-state index is 12.5. The van der Waals surface area contributed by atoms with Crippen LogP contribution in [0.2, 0.25) is 0 Å². The van der Waals surface area contributed by atoms with Crippen molar-refractivity contribution in [3.63, 3.8) is 0 Å². The van der Waals surface area contributed by atoms with Gasteiger partial charge in [0.05, 0.1) is 5.92 Å². The van der Waals surface area contributed by atoms with Gasteiger partial charge in [-0.3, -0.25) is 14.5 Å². The average molecular weight is 404 g/mol. The van der Waals surface area contributed by atoms with Gasteiger partial charge in [-0.15, -0.1) is 10.2 Å². The summed E-state index contributed by atoms with van der Waals surface area (Å²) in [6, 6.07) is 5.54. The Kier molecular flexibility index (Phi) is 5.40. The fourth-order valence-electron chi connectivity index (χ4n) is 3.05. The molecule has 0 spiro atoms. The van der Waals surface area contributed by atoms with Crippen molar-refractivity contribution < 1.29 is 23.8 Å². The lowest BCUT2D eigenvalue weighted by molar-refractivity contribution is -0.126. The fourth-order valence-corrected chi connectivity index (χ4v) is 3.86. The third-order valence-corrected chi connectivity index (χ3v) is 5.44. The zero-order valence-electron chi connectivity index (χ0n) is 15.3. The predicted molar refractivity (Wildman–Crippen MR) is 100 cm³/mol. The van der Waals surface area contributed by atoms with E-state index in [-0.39, 0.29) is 25.0 Å². The van der Waals surface area contributed by atoms with Crippen molar-refractivity contribution >= 4 is 28.3 Å². The standard InChI is InChI=1S/C18H20N4O5S/c1-2-25-9-15-20-21-18(28-15)22-8-12(6-16(22)23)17(24)19-7-11-3-4-13-14(5-11)27-10-26-13/h3-5,12H,2,6-10H2,1H3,(H,19,24). The number of benzene rings is 1. The van der Waals surface area contributed by atoms with Crippen LogP contribution in [-0.4, -0.2) is 42.0 Å². The SMILES string of the molecule is CCOCc1nnc(N2CC(C(=O)NCc3ccc4c(c3)OCO4)CC2=O)s1. The molecule has 2 aliphatic rings. The van der Waals surface area contributed by atoms with Gasteiger partial charge in [-0.1, -0.05) is 17.4 Å². The molecule has 2 amide bonds. The number of rotatable bonds is 7. The number of nitrogens with zero attached hydrogens (tertiary/aromatic N) is 3. The van der Waals surface area contributed by atoms with Crippen molar-refractivity contribution in [1.82, 2.24) is 15.5 Å². The third kappa shape index (κ3) is 3.92. The number of aromatic nitrogens is 2. The van der Waals surface area contributed by atoms with Crippen LogP contribution in [0.25, 0.3) is 0 Å². The van der Waals surface area contributed by atoms with Crippen LogP contribution in [-0.2, 0) is 27.5 Å². The summed E-state index contributed by atoms with van der Waals surface area (Å²) in [6.45, 7) is 3.73. The first kappa shape index (κ1) is 18.6. The van der Waals surface area contributed by atoms with E-state index in [4.69, 9.17) is 14.2 Å². The van der Waals surface area contributed by atoms with Gasteiger partial charge in [0, 0.05) is 26.1 Å². The molecule has 1 atom stereocenters. The first-order valence-electron chi connectivity index (χ1n) is 9.00. The van der Waals surface area contributed by atoms with E-state index in [1.165, 1.54) is 16.2 Å². The van der Waals surface area contributed by atoms with E-state index in [2.05, 4.69) is 15.5 Å². The maximum Gasteiger partial charge on any atom is 0.231 e. The lowest BCUT2D eigenvalue weighted by Gasteiger charge is -2.13. The minimum atomic E-state index is -0.416. The number of hydrogen-bond acceptors (Lipinski definition) is 8. The maximum atomic E-state index is 12.5. The number of hydrogen-bond donors (Lipinski definition) is 1. The van der Waals surface area contributed by atoms with Crippen molar-refractivity contribution in [3.8, 4) is 11.5 Å². The highest BCUT2D eigenvalue weighted by Gasteiger charge is 2.36. The Bertz CT molecular complexity index is 887. The zero-order chi connectivity index (χ0) is 19.5. The Hall–Kier alpha value is -2.72. The van der Waals surface area contributed by atoms with Crippen LogP contribution >= 0.6 is 11.3 Å². The molecular formula is C18H20N4O5S. The molecule has 10 heteroatoms. The molecule has 28 heavy (non-hydrogen) atoms. The van der Waals surface area contributed by atoms with E-state index in [1.807, 2.05) is 25.1 Å². The van der Waals surface area contributed by atoms with Crippen LogP contribution in [0.5, 0.6) is 11.5 Å². The van der Waals surface area contributed by atoms with Crippen LogP contribution in [0.15, 0.2) is 18.2 Å². The lowest BCUT2D eigenvalue weighted by Crippen LogP contribution is -2.32. The van der Waals surface area contributed by atoms with E-state index >= 15 is 0 Å². The number of nitrogens with one attached hydrogen (secondary N) is 1. The zero-order valence-corrected chi connectivity index (χ0v) is 16.2. The average Bonchev–Trinajstić information content (AvgIpc) is 3.43. The van der Waals surface area contributed by atoms with Gasteiger partial charge in [-0.05, 0) is 24.6 Å². The topological polar surface area (TPSA) is 103 Å². The highest BCUT2D eigenvalue weighted by molar-refractivity contribution is 7.15. The number of ether oxygens (including phenoxy) is 3. The van der Waals surface area contributed by atoms with Crippen LogP contribution in [0.3, 0.4) is 0 Å². The molecule has 9 nitrogen and oxygen atoms in total. The molecule has 1 unspecified atom stereocenters. The van der Waals surface area contributed by atoms with Crippen molar-refractivity contribution in [1.29, 1.82) is 0 Å². The molecule has 0 saturated carbocycles. The first-order chi connectivity index (χ1) is 13.6. The molecule has 1 N–H and O–H groups in total. The second-order valence-corrected chi connectivity index (χ2v) is 7.47. The number of amides is 2. The number of carbonyl (C=O) groups is 2. The van der Waals surface area contributed by atoms with Crippen molar-refractivity contribution in [2.45, 2.75) is 26.5 Å². The highest BCUT2D eigenvalue weighted by Crippen LogP contribution is 2.32. The summed E-state index contributed by atoms with van der Waals surface area (Å²) in [5.41, 5.74) is 0.906. The third-order valence-electron chi connectivity index (χ3n) is 4.52. The molecule has 1 aromatic carbocycles. The summed E-state index contributed by atoms with van der Waals surface area (Å²) in [6.07, 6.45) is 0.160. The molecule has 3 heterocycles. The van der Waals surface area contributed by atoms with Gasteiger partial charge in [0.1, 0.15) is 11.6 Å². The van der Waals surface area contributed by atoms with Crippen molar-refractivity contribution in [3.05, 3.63) is 28.8 Å². The van der Waals surface area contributed by atoms with E-state index in [1.54, 1.807) is 0 Å². The Morgan fingerprint density at radius 1 is 1.36 bits per heavy atom. The molecule has 1 aromatic heterocycles. The summed E-state index contributed by atoms with van der Waals surface area (Å²) in [5, 5.41) is 12.2. The highest BCUT2D eigenvalue weighted by atomic mass is 32.1. The van der Waals surface area contributed by atoms with Gasteiger partial charge >= 0.3 is 0 Å². The first-order valence-corrected chi connectivity index (χ1v) is 9.82. The lowest BCUT2D eigenvalue weighted by atomic mass is 10.1. The Labute approximate surface area is 165 Å². The second-order valence-electron chi connectivity index (χ2n) is 6.43. The van der Waals surface area contributed by atoms with Gasteiger partial charge < -0.3 is 19.5 Å². The second kappa shape index (κ2) is 8.11. The van der Waals surface area contributed by atoms with Crippen LogP contribution < -0.4 is 19.7 Å². The molecule has 0 bridgehead atoms. The summed E-state index contributed by atoms with van der Waals surface area (Å²) in [5.74, 6) is 0.677. The quantitative estimate of drug-likeness (QED) is 0.745.